The van der Waals surface area contributed by atoms with Crippen LogP contribution in [0, 0.1) is 0 Å². The molecule has 0 radical (unpaired) electrons. The first kappa shape index (κ1) is 23.1. The molecule has 0 aliphatic carbocycles. The van der Waals surface area contributed by atoms with Crippen molar-refractivity contribution in [2.45, 2.75) is 26.5 Å². The van der Waals surface area contributed by atoms with Crippen LogP contribution in [0.4, 0.5) is 0 Å². The molecule has 0 spiro atoms. The van der Waals surface area contributed by atoms with Gasteiger partial charge in [0.2, 0.25) is 0 Å². The number of nitrogens with zero attached hydrogens (tertiary/aromatic N) is 3. The summed E-state index contributed by atoms with van der Waals surface area (Å²) >= 11 is 0. The summed E-state index contributed by atoms with van der Waals surface area (Å²) in [5, 5.41) is 0.896. The Morgan fingerprint density at radius 1 is 0.886 bits per heavy atom. The zero-order chi connectivity index (χ0) is 24.2. The number of hydrogen-bond donors (Lipinski definition) is 0. The molecule has 3 aromatic carbocycles. The molecule has 5 heteroatoms. The highest BCUT2D eigenvalue weighted by atomic mass is 16.5. The molecular weight excluding hydrogens is 434 g/mol. The highest BCUT2D eigenvalue weighted by molar-refractivity contribution is 6.07. The molecule has 5 rings (SSSR count). The van der Waals surface area contributed by atoms with Gasteiger partial charge >= 0.3 is 0 Å². The van der Waals surface area contributed by atoms with Gasteiger partial charge in [-0.15, -0.1) is 0 Å². The number of carbonyl (C=O) groups is 1. The average Bonchev–Trinajstić information content (AvgIpc) is 2.89. The predicted octanol–water partition coefficient (Wildman–Crippen LogP) is 5.65. The van der Waals surface area contributed by atoms with Gasteiger partial charge in [-0.25, -0.2) is 4.98 Å². The summed E-state index contributed by atoms with van der Waals surface area (Å²) in [5.41, 5.74) is 4.62. The maximum atomic E-state index is 13.7. The molecule has 2 heterocycles. The van der Waals surface area contributed by atoms with Crippen molar-refractivity contribution in [1.29, 1.82) is 0 Å². The summed E-state index contributed by atoms with van der Waals surface area (Å²) < 4.78 is 5.78. The molecule has 5 nitrogen and oxygen atoms in total. The minimum Gasteiger partial charge on any atom is -0.491 e. The minimum atomic E-state index is 0.0731. The molecule has 1 saturated heterocycles. The van der Waals surface area contributed by atoms with E-state index in [2.05, 4.69) is 29.2 Å². The summed E-state index contributed by atoms with van der Waals surface area (Å²) in [6, 6.07) is 28.3. The number of ether oxygens (including phenoxy) is 1. The number of aromatic nitrogens is 1. The molecule has 0 bridgehead atoms. The van der Waals surface area contributed by atoms with Crippen molar-refractivity contribution in [3.63, 3.8) is 0 Å². The van der Waals surface area contributed by atoms with E-state index in [1.54, 1.807) is 0 Å². The van der Waals surface area contributed by atoms with Gasteiger partial charge in [0.1, 0.15) is 5.75 Å². The summed E-state index contributed by atoms with van der Waals surface area (Å²) in [6.07, 6.45) is 0.122. The van der Waals surface area contributed by atoms with Crippen LogP contribution in [0.15, 0.2) is 84.9 Å². The lowest BCUT2D eigenvalue weighted by molar-refractivity contribution is 0.0630. The highest BCUT2D eigenvalue weighted by Crippen LogP contribution is 2.28. The van der Waals surface area contributed by atoms with Crippen molar-refractivity contribution in [2.75, 3.05) is 26.2 Å². The van der Waals surface area contributed by atoms with Crippen LogP contribution in [0.2, 0.25) is 0 Å². The minimum absolute atomic E-state index is 0.0731. The van der Waals surface area contributed by atoms with Crippen LogP contribution in [-0.2, 0) is 6.54 Å². The average molecular weight is 466 g/mol. The predicted molar refractivity (Wildman–Crippen MR) is 141 cm³/mol. The number of carbonyl (C=O) groups excluding carboxylic acids is 1. The van der Waals surface area contributed by atoms with Crippen LogP contribution in [-0.4, -0.2) is 53.0 Å². The second-order valence-corrected chi connectivity index (χ2v) is 9.32. The standard InChI is InChI=1S/C30H31N3O2/c1-22(2)35-25-14-12-24(13-15-25)29-20-27(26-10-6-7-11-28(26)31-29)30(34)33-18-16-32(17-19-33)21-23-8-4-3-5-9-23/h3-15,20,22H,16-19,21H2,1-2H3. The number of fused-ring (bicyclic) bond motifs is 1. The van der Waals surface area contributed by atoms with E-state index in [4.69, 9.17) is 9.72 Å². The fourth-order valence-corrected chi connectivity index (χ4v) is 4.60. The molecule has 1 aliphatic rings. The maximum absolute atomic E-state index is 13.7. The Morgan fingerprint density at radius 2 is 1.57 bits per heavy atom. The van der Waals surface area contributed by atoms with Gasteiger partial charge in [-0.05, 0) is 55.8 Å². The van der Waals surface area contributed by atoms with Gasteiger partial charge in [-0.2, -0.15) is 0 Å². The topological polar surface area (TPSA) is 45.7 Å². The first-order valence-corrected chi connectivity index (χ1v) is 12.3. The van der Waals surface area contributed by atoms with E-state index in [-0.39, 0.29) is 12.0 Å². The molecule has 0 N–H and O–H groups in total. The molecule has 0 unspecified atom stereocenters. The fourth-order valence-electron chi connectivity index (χ4n) is 4.60. The van der Waals surface area contributed by atoms with Crippen molar-refractivity contribution >= 4 is 16.8 Å². The number of benzene rings is 3. The number of para-hydroxylation sites is 1. The molecule has 35 heavy (non-hydrogen) atoms. The lowest BCUT2D eigenvalue weighted by Crippen LogP contribution is -2.48. The number of piperazine rings is 1. The van der Waals surface area contributed by atoms with Crippen molar-refractivity contribution in [2.24, 2.45) is 0 Å². The number of hydrogen-bond acceptors (Lipinski definition) is 4. The third-order valence-electron chi connectivity index (χ3n) is 6.38. The van der Waals surface area contributed by atoms with Crippen LogP contribution in [0.1, 0.15) is 29.8 Å². The van der Waals surface area contributed by atoms with E-state index >= 15 is 0 Å². The lowest BCUT2D eigenvalue weighted by Gasteiger charge is -2.35. The van der Waals surface area contributed by atoms with Crippen LogP contribution >= 0.6 is 0 Å². The zero-order valence-electron chi connectivity index (χ0n) is 20.4. The van der Waals surface area contributed by atoms with E-state index in [1.807, 2.05) is 79.4 Å². The number of pyridine rings is 1. The Labute approximate surface area is 207 Å². The monoisotopic (exact) mass is 465 g/mol. The van der Waals surface area contributed by atoms with Crippen molar-refractivity contribution in [1.82, 2.24) is 14.8 Å². The van der Waals surface area contributed by atoms with Gasteiger partial charge in [-0.3, -0.25) is 9.69 Å². The normalized spacial score (nSPS) is 14.4. The Hall–Kier alpha value is -3.70. The van der Waals surface area contributed by atoms with Gasteiger partial charge in [0, 0.05) is 43.7 Å². The van der Waals surface area contributed by atoms with Crippen LogP contribution in [0.25, 0.3) is 22.2 Å². The number of rotatable bonds is 6. The summed E-state index contributed by atoms with van der Waals surface area (Å²) in [4.78, 5) is 23.0. The molecule has 1 amide bonds. The third-order valence-corrected chi connectivity index (χ3v) is 6.38. The molecule has 0 saturated carbocycles. The first-order chi connectivity index (χ1) is 17.1. The van der Waals surface area contributed by atoms with E-state index in [0.29, 0.717) is 5.56 Å². The van der Waals surface area contributed by atoms with Crippen LogP contribution < -0.4 is 4.74 Å². The smallest absolute Gasteiger partial charge is 0.254 e. The Balaban J connectivity index is 1.37. The van der Waals surface area contributed by atoms with Gasteiger partial charge in [0.05, 0.1) is 22.9 Å². The number of amides is 1. The molecular formula is C30H31N3O2. The van der Waals surface area contributed by atoms with Crippen LogP contribution in [0.3, 0.4) is 0 Å². The molecule has 1 fully saturated rings. The summed E-state index contributed by atoms with van der Waals surface area (Å²) in [5.74, 6) is 0.901. The first-order valence-electron chi connectivity index (χ1n) is 12.3. The second-order valence-electron chi connectivity index (χ2n) is 9.32. The van der Waals surface area contributed by atoms with Crippen LogP contribution in [0.5, 0.6) is 5.75 Å². The van der Waals surface area contributed by atoms with Gasteiger partial charge < -0.3 is 9.64 Å². The van der Waals surface area contributed by atoms with Crippen molar-refractivity contribution < 1.29 is 9.53 Å². The summed E-state index contributed by atoms with van der Waals surface area (Å²) in [6.45, 7) is 8.12. The molecule has 1 aliphatic heterocycles. The molecule has 0 atom stereocenters. The largest absolute Gasteiger partial charge is 0.491 e. The summed E-state index contributed by atoms with van der Waals surface area (Å²) in [7, 11) is 0. The zero-order valence-corrected chi connectivity index (χ0v) is 20.4. The Bertz CT molecular complexity index is 1290. The second kappa shape index (κ2) is 10.3. The van der Waals surface area contributed by atoms with Crippen molar-refractivity contribution in [3.8, 4) is 17.0 Å². The molecule has 1 aromatic heterocycles. The maximum Gasteiger partial charge on any atom is 0.254 e. The van der Waals surface area contributed by atoms with Gasteiger partial charge in [0.25, 0.3) is 5.91 Å². The third kappa shape index (κ3) is 5.36. The Morgan fingerprint density at radius 3 is 2.29 bits per heavy atom. The van der Waals surface area contributed by atoms with E-state index in [1.165, 1.54) is 5.56 Å². The quantitative estimate of drug-likeness (QED) is 0.369. The lowest BCUT2D eigenvalue weighted by atomic mass is 10.0. The van der Waals surface area contributed by atoms with E-state index in [9.17, 15) is 4.79 Å². The van der Waals surface area contributed by atoms with Gasteiger partial charge in [-0.1, -0.05) is 48.5 Å². The highest BCUT2D eigenvalue weighted by Gasteiger charge is 2.24. The van der Waals surface area contributed by atoms with E-state index < -0.39 is 0 Å². The van der Waals surface area contributed by atoms with Gasteiger partial charge in [0.15, 0.2) is 0 Å². The van der Waals surface area contributed by atoms with Crippen molar-refractivity contribution in [3.05, 3.63) is 96.1 Å². The molecule has 178 valence electrons. The fraction of sp³-hybridized carbons (Fsp3) is 0.267. The van der Waals surface area contributed by atoms with E-state index in [0.717, 1.165) is 60.6 Å². The SMILES string of the molecule is CC(C)Oc1ccc(-c2cc(C(=O)N3CCN(Cc4ccccc4)CC3)c3ccccc3n2)cc1. The molecule has 4 aromatic rings. The Kier molecular flexibility index (Phi) is 6.77.